The number of rotatable bonds is 4. The Kier molecular flexibility index (Phi) is 4.10. The summed E-state index contributed by atoms with van der Waals surface area (Å²) in [6.07, 6.45) is 4.33. The van der Waals surface area contributed by atoms with Gasteiger partial charge in [-0.25, -0.2) is 4.39 Å². The Morgan fingerprint density at radius 1 is 1.26 bits per heavy atom. The maximum atomic E-state index is 13.0. The van der Waals surface area contributed by atoms with Crippen molar-refractivity contribution in [2.45, 2.75) is 31.8 Å². The average molecular weight is 316 g/mol. The van der Waals surface area contributed by atoms with Crippen molar-refractivity contribution in [2.75, 3.05) is 0 Å². The van der Waals surface area contributed by atoms with Gasteiger partial charge in [-0.05, 0) is 37.0 Å². The lowest BCUT2D eigenvalue weighted by atomic mass is 10.0. The van der Waals surface area contributed by atoms with Gasteiger partial charge in [0.05, 0.1) is 17.5 Å². The Labute approximate surface area is 132 Å². The van der Waals surface area contributed by atoms with Crippen LogP contribution >= 0.6 is 0 Å². The molecule has 1 atom stereocenters. The van der Waals surface area contributed by atoms with Crippen LogP contribution in [0.2, 0.25) is 0 Å². The van der Waals surface area contributed by atoms with Crippen molar-refractivity contribution in [1.29, 1.82) is 0 Å². The van der Waals surface area contributed by atoms with E-state index in [-0.39, 0.29) is 0 Å². The Hall–Kier alpha value is -2.70. The Bertz CT molecular complexity index is 739. The first-order valence-corrected chi connectivity index (χ1v) is 7.46. The third-order valence-electron chi connectivity index (χ3n) is 3.99. The largest absolute Gasteiger partial charge is 0.368 e. The molecule has 1 aliphatic heterocycles. The maximum absolute atomic E-state index is 13.0. The summed E-state index contributed by atoms with van der Waals surface area (Å²) in [5, 5.41) is 6.82. The van der Waals surface area contributed by atoms with E-state index in [1.54, 1.807) is 0 Å². The molecular formula is C16H17FN4O2. The number of primary amides is 1. The van der Waals surface area contributed by atoms with Crippen molar-refractivity contribution in [3.05, 3.63) is 53.1 Å². The van der Waals surface area contributed by atoms with E-state index in [0.29, 0.717) is 11.1 Å². The summed E-state index contributed by atoms with van der Waals surface area (Å²) in [6, 6.07) is 4.29. The van der Waals surface area contributed by atoms with Crippen molar-refractivity contribution in [1.82, 2.24) is 15.1 Å². The minimum atomic E-state index is -1.01. The summed E-state index contributed by atoms with van der Waals surface area (Å²) in [7, 11) is 0. The van der Waals surface area contributed by atoms with E-state index in [1.807, 2.05) is 4.68 Å². The van der Waals surface area contributed by atoms with Crippen LogP contribution in [0, 0.1) is 5.82 Å². The van der Waals surface area contributed by atoms with Crippen LogP contribution in [0.5, 0.6) is 0 Å². The maximum Gasteiger partial charge on any atom is 0.255 e. The molecule has 0 saturated heterocycles. The number of halogens is 1. The molecule has 1 aromatic heterocycles. The minimum Gasteiger partial charge on any atom is -0.368 e. The monoisotopic (exact) mass is 316 g/mol. The SMILES string of the molecule is NC(=O)C(NC(=O)c1cnn2c1CCCC2)c1ccc(F)cc1. The summed E-state index contributed by atoms with van der Waals surface area (Å²) >= 11 is 0. The molecule has 1 unspecified atom stereocenters. The quantitative estimate of drug-likeness (QED) is 0.891. The molecule has 2 amide bonds. The summed E-state index contributed by atoms with van der Waals surface area (Å²) in [5.74, 6) is -1.53. The third kappa shape index (κ3) is 3.08. The van der Waals surface area contributed by atoms with Gasteiger partial charge in [0.15, 0.2) is 0 Å². The Morgan fingerprint density at radius 2 is 2.00 bits per heavy atom. The number of nitrogens with two attached hydrogens (primary N) is 1. The van der Waals surface area contributed by atoms with E-state index in [1.165, 1.54) is 30.5 Å². The van der Waals surface area contributed by atoms with Gasteiger partial charge in [0.2, 0.25) is 5.91 Å². The molecule has 0 spiro atoms. The molecule has 6 nitrogen and oxygen atoms in total. The van der Waals surface area contributed by atoms with Gasteiger partial charge in [-0.1, -0.05) is 12.1 Å². The van der Waals surface area contributed by atoms with Gasteiger partial charge in [0, 0.05) is 6.54 Å². The zero-order valence-corrected chi connectivity index (χ0v) is 12.5. The van der Waals surface area contributed by atoms with Gasteiger partial charge in [-0.3, -0.25) is 14.3 Å². The fourth-order valence-corrected chi connectivity index (χ4v) is 2.79. The summed E-state index contributed by atoms with van der Waals surface area (Å²) in [6.45, 7) is 0.791. The number of carbonyl (C=O) groups excluding carboxylic acids is 2. The highest BCUT2D eigenvalue weighted by molar-refractivity contribution is 5.98. The Morgan fingerprint density at radius 3 is 2.70 bits per heavy atom. The number of fused-ring (bicyclic) bond motifs is 1. The summed E-state index contributed by atoms with van der Waals surface area (Å²) < 4.78 is 14.8. The van der Waals surface area contributed by atoms with Crippen LogP contribution in [0.3, 0.4) is 0 Å². The predicted octanol–water partition coefficient (Wildman–Crippen LogP) is 1.31. The molecule has 0 aliphatic carbocycles. The molecule has 120 valence electrons. The molecule has 2 heterocycles. The van der Waals surface area contributed by atoms with Crippen LogP contribution in [0.25, 0.3) is 0 Å². The van der Waals surface area contributed by atoms with Gasteiger partial charge in [-0.2, -0.15) is 5.10 Å². The molecule has 2 aromatic rings. The number of hydrogen-bond acceptors (Lipinski definition) is 3. The number of hydrogen-bond donors (Lipinski definition) is 2. The first-order valence-electron chi connectivity index (χ1n) is 7.46. The predicted molar refractivity (Wildman–Crippen MR) is 81.0 cm³/mol. The van der Waals surface area contributed by atoms with Gasteiger partial charge in [-0.15, -0.1) is 0 Å². The van der Waals surface area contributed by atoms with E-state index in [0.717, 1.165) is 31.5 Å². The lowest BCUT2D eigenvalue weighted by Crippen LogP contribution is -2.37. The highest BCUT2D eigenvalue weighted by Gasteiger charge is 2.25. The van der Waals surface area contributed by atoms with Gasteiger partial charge >= 0.3 is 0 Å². The van der Waals surface area contributed by atoms with Crippen LogP contribution < -0.4 is 11.1 Å². The number of carbonyl (C=O) groups is 2. The van der Waals surface area contributed by atoms with E-state index in [2.05, 4.69) is 10.4 Å². The van der Waals surface area contributed by atoms with Crippen molar-refractivity contribution in [3.63, 3.8) is 0 Å². The zero-order chi connectivity index (χ0) is 16.4. The summed E-state index contributed by atoms with van der Waals surface area (Å²) in [5.41, 5.74) is 7.14. The molecular weight excluding hydrogens is 299 g/mol. The van der Waals surface area contributed by atoms with Crippen LogP contribution in [0.4, 0.5) is 4.39 Å². The zero-order valence-electron chi connectivity index (χ0n) is 12.5. The van der Waals surface area contributed by atoms with Crippen LogP contribution in [0.15, 0.2) is 30.5 Å². The van der Waals surface area contributed by atoms with Crippen LogP contribution in [0.1, 0.15) is 40.5 Å². The normalized spacial score (nSPS) is 14.8. The number of amides is 2. The van der Waals surface area contributed by atoms with Crippen molar-refractivity contribution in [2.24, 2.45) is 5.73 Å². The van der Waals surface area contributed by atoms with E-state index < -0.39 is 23.7 Å². The fraction of sp³-hybridized carbons (Fsp3) is 0.312. The lowest BCUT2D eigenvalue weighted by Gasteiger charge is -2.17. The molecule has 3 rings (SSSR count). The lowest BCUT2D eigenvalue weighted by molar-refractivity contribution is -0.120. The van der Waals surface area contributed by atoms with Crippen molar-refractivity contribution < 1.29 is 14.0 Å². The van der Waals surface area contributed by atoms with Gasteiger partial charge in [0.1, 0.15) is 11.9 Å². The first-order chi connectivity index (χ1) is 11.1. The molecule has 7 heteroatoms. The van der Waals surface area contributed by atoms with Crippen molar-refractivity contribution in [3.8, 4) is 0 Å². The molecule has 0 radical (unpaired) electrons. The van der Waals surface area contributed by atoms with Gasteiger partial charge < -0.3 is 11.1 Å². The molecule has 3 N–H and O–H groups in total. The Balaban J connectivity index is 1.83. The van der Waals surface area contributed by atoms with E-state index in [9.17, 15) is 14.0 Å². The first kappa shape index (κ1) is 15.2. The molecule has 1 aliphatic rings. The van der Waals surface area contributed by atoms with Crippen molar-refractivity contribution >= 4 is 11.8 Å². The third-order valence-corrected chi connectivity index (χ3v) is 3.99. The number of nitrogens with one attached hydrogen (secondary N) is 1. The fourth-order valence-electron chi connectivity index (χ4n) is 2.79. The number of nitrogens with zero attached hydrogens (tertiary/aromatic N) is 2. The molecule has 0 fully saturated rings. The minimum absolute atomic E-state index is 0.402. The molecule has 0 saturated carbocycles. The standard InChI is InChI=1S/C16H17FN4O2/c17-11-6-4-10(5-7-11)14(15(18)22)20-16(23)12-9-19-21-8-2-1-3-13(12)21/h4-7,9,14H,1-3,8H2,(H2,18,22)(H,20,23). The second-order valence-corrected chi connectivity index (χ2v) is 5.55. The van der Waals surface area contributed by atoms with Gasteiger partial charge in [0.25, 0.3) is 5.91 Å². The smallest absolute Gasteiger partial charge is 0.255 e. The molecule has 23 heavy (non-hydrogen) atoms. The topological polar surface area (TPSA) is 90.0 Å². The van der Waals surface area contributed by atoms with E-state index in [4.69, 9.17) is 5.73 Å². The second kappa shape index (κ2) is 6.20. The average Bonchev–Trinajstić information content (AvgIpc) is 2.97. The van der Waals surface area contributed by atoms with Crippen LogP contribution in [-0.4, -0.2) is 21.6 Å². The summed E-state index contributed by atoms with van der Waals surface area (Å²) in [4.78, 5) is 24.2. The molecule has 1 aromatic carbocycles. The highest BCUT2D eigenvalue weighted by Crippen LogP contribution is 2.20. The van der Waals surface area contributed by atoms with E-state index >= 15 is 0 Å². The number of benzene rings is 1. The highest BCUT2D eigenvalue weighted by atomic mass is 19.1. The number of aromatic nitrogens is 2. The number of aryl methyl sites for hydroxylation is 1. The van der Waals surface area contributed by atoms with Crippen LogP contribution in [-0.2, 0) is 17.8 Å². The molecule has 0 bridgehead atoms. The second-order valence-electron chi connectivity index (χ2n) is 5.55.